The zero-order chi connectivity index (χ0) is 19.1. The Morgan fingerprint density at radius 1 is 1.07 bits per heavy atom. The lowest BCUT2D eigenvalue weighted by Gasteiger charge is -2.25. The quantitative estimate of drug-likeness (QED) is 0.694. The summed E-state index contributed by atoms with van der Waals surface area (Å²) in [6.45, 7) is 0.869. The second-order valence-corrected chi connectivity index (χ2v) is 7.36. The molecule has 1 aliphatic carbocycles. The Labute approximate surface area is 164 Å². The predicted octanol–water partition coefficient (Wildman–Crippen LogP) is 4.09. The fourth-order valence-corrected chi connectivity index (χ4v) is 4.22. The van der Waals surface area contributed by atoms with Gasteiger partial charge in [0.05, 0.1) is 18.4 Å². The number of nitrogens with zero attached hydrogens (tertiary/aromatic N) is 3. The molecule has 1 atom stereocenters. The Morgan fingerprint density at radius 3 is 2.71 bits per heavy atom. The van der Waals surface area contributed by atoms with Gasteiger partial charge in [0.1, 0.15) is 5.75 Å². The third kappa shape index (κ3) is 2.83. The van der Waals surface area contributed by atoms with Gasteiger partial charge in [-0.25, -0.2) is 9.97 Å². The molecule has 5 rings (SSSR count). The van der Waals surface area contributed by atoms with Crippen LogP contribution in [0.5, 0.6) is 5.75 Å². The fourth-order valence-electron chi connectivity index (χ4n) is 4.22. The number of anilines is 2. The number of aromatic nitrogens is 2. The molecule has 0 bridgehead atoms. The summed E-state index contributed by atoms with van der Waals surface area (Å²) in [4.78, 5) is 24.2. The molecule has 140 valence electrons. The molecule has 0 N–H and O–H groups in total. The number of methoxy groups -OCH3 is 1. The van der Waals surface area contributed by atoms with E-state index in [0.29, 0.717) is 17.9 Å². The van der Waals surface area contributed by atoms with Crippen LogP contribution in [-0.4, -0.2) is 29.4 Å². The van der Waals surface area contributed by atoms with Gasteiger partial charge in [0.2, 0.25) is 5.95 Å². The van der Waals surface area contributed by atoms with Crippen molar-refractivity contribution in [2.75, 3.05) is 18.6 Å². The first-order valence-corrected chi connectivity index (χ1v) is 9.61. The zero-order valence-electron chi connectivity index (χ0n) is 15.8. The number of ketones is 1. The summed E-state index contributed by atoms with van der Waals surface area (Å²) in [5.41, 5.74) is 5.14. The smallest absolute Gasteiger partial charge is 0.230 e. The highest BCUT2D eigenvalue weighted by atomic mass is 16.5. The van der Waals surface area contributed by atoms with E-state index in [1.807, 2.05) is 30.3 Å². The van der Waals surface area contributed by atoms with Gasteiger partial charge in [-0.1, -0.05) is 30.3 Å². The van der Waals surface area contributed by atoms with Crippen LogP contribution in [0.1, 0.15) is 39.5 Å². The van der Waals surface area contributed by atoms with E-state index in [9.17, 15) is 4.79 Å². The van der Waals surface area contributed by atoms with Crippen LogP contribution in [0.2, 0.25) is 0 Å². The fraction of sp³-hybridized carbons (Fsp3) is 0.261. The van der Waals surface area contributed by atoms with Gasteiger partial charge in [-0.05, 0) is 48.1 Å². The molecule has 2 aliphatic rings. The number of hydrogen-bond acceptors (Lipinski definition) is 5. The Bertz CT molecular complexity index is 1050. The van der Waals surface area contributed by atoms with Crippen molar-refractivity contribution >= 4 is 17.4 Å². The Hall–Kier alpha value is -3.21. The third-order valence-electron chi connectivity index (χ3n) is 5.74. The predicted molar refractivity (Wildman–Crippen MR) is 108 cm³/mol. The van der Waals surface area contributed by atoms with E-state index < -0.39 is 0 Å². The summed E-state index contributed by atoms with van der Waals surface area (Å²) < 4.78 is 5.24. The average Bonchev–Trinajstić information content (AvgIpc) is 3.17. The topological polar surface area (TPSA) is 55.3 Å². The monoisotopic (exact) mass is 371 g/mol. The maximum atomic E-state index is 12.7. The third-order valence-corrected chi connectivity index (χ3v) is 5.74. The number of benzene rings is 2. The van der Waals surface area contributed by atoms with Crippen LogP contribution in [0.4, 0.5) is 11.6 Å². The lowest BCUT2D eigenvalue weighted by atomic mass is 9.82. The van der Waals surface area contributed by atoms with Gasteiger partial charge in [0.15, 0.2) is 5.78 Å². The molecule has 2 aromatic carbocycles. The molecule has 5 nitrogen and oxygen atoms in total. The standard InChI is InChI=1S/C23H21N3O2/c1-28-18-8-6-15(7-9-18)17-12-20-19(22(27)13-17)14-24-23(25-20)26-11-10-16-4-2-3-5-21(16)26/h2-9,14,17H,10-13H2,1H3/t17-/m1/s1. The highest BCUT2D eigenvalue weighted by Gasteiger charge is 2.30. The normalized spacial score (nSPS) is 18.0. The van der Waals surface area contributed by atoms with Gasteiger partial charge < -0.3 is 9.64 Å². The van der Waals surface area contributed by atoms with Crippen molar-refractivity contribution < 1.29 is 9.53 Å². The molecular weight excluding hydrogens is 350 g/mol. The number of carbonyl (C=O) groups excluding carboxylic acids is 1. The van der Waals surface area contributed by atoms with E-state index in [1.165, 1.54) is 5.56 Å². The first-order chi connectivity index (χ1) is 13.7. The van der Waals surface area contributed by atoms with Crippen LogP contribution in [0.15, 0.2) is 54.7 Å². The average molecular weight is 371 g/mol. The van der Waals surface area contributed by atoms with Crippen molar-refractivity contribution in [2.45, 2.75) is 25.2 Å². The molecule has 0 amide bonds. The number of carbonyl (C=O) groups is 1. The van der Waals surface area contributed by atoms with Crippen molar-refractivity contribution in [3.63, 3.8) is 0 Å². The SMILES string of the molecule is COc1ccc([C@H]2CC(=O)c3cnc(N4CCc5ccccc54)nc3C2)cc1. The van der Waals surface area contributed by atoms with Gasteiger partial charge in [-0.2, -0.15) is 0 Å². The summed E-state index contributed by atoms with van der Waals surface area (Å²) in [6.07, 6.45) is 3.95. The molecule has 1 aromatic heterocycles. The maximum absolute atomic E-state index is 12.7. The lowest BCUT2D eigenvalue weighted by Crippen LogP contribution is -2.23. The molecule has 5 heteroatoms. The summed E-state index contributed by atoms with van der Waals surface area (Å²) in [5, 5.41) is 0. The van der Waals surface area contributed by atoms with E-state index in [0.717, 1.165) is 42.1 Å². The number of Topliss-reactive ketones (excluding diaryl/α,β-unsaturated/α-hetero) is 1. The molecule has 0 saturated carbocycles. The van der Waals surface area contributed by atoms with Gasteiger partial charge >= 0.3 is 0 Å². The maximum Gasteiger partial charge on any atom is 0.230 e. The highest BCUT2D eigenvalue weighted by molar-refractivity contribution is 5.98. The molecule has 3 aromatic rings. The first kappa shape index (κ1) is 16.9. The van der Waals surface area contributed by atoms with Gasteiger partial charge in [-0.3, -0.25) is 4.79 Å². The minimum atomic E-state index is 0.121. The number of para-hydroxylation sites is 1. The summed E-state index contributed by atoms with van der Waals surface area (Å²) in [5.74, 6) is 1.77. The molecule has 0 spiro atoms. The van der Waals surface area contributed by atoms with E-state index in [-0.39, 0.29) is 11.7 Å². The van der Waals surface area contributed by atoms with Crippen LogP contribution in [0.3, 0.4) is 0 Å². The van der Waals surface area contributed by atoms with Crippen molar-refractivity contribution in [2.24, 2.45) is 0 Å². The Kier molecular flexibility index (Phi) is 4.08. The van der Waals surface area contributed by atoms with Crippen molar-refractivity contribution in [3.8, 4) is 5.75 Å². The van der Waals surface area contributed by atoms with Gasteiger partial charge in [-0.15, -0.1) is 0 Å². The van der Waals surface area contributed by atoms with Gasteiger partial charge in [0, 0.05) is 24.8 Å². The van der Waals surface area contributed by atoms with E-state index in [1.54, 1.807) is 13.3 Å². The lowest BCUT2D eigenvalue weighted by molar-refractivity contribution is 0.0962. The van der Waals surface area contributed by atoms with E-state index >= 15 is 0 Å². The van der Waals surface area contributed by atoms with Crippen LogP contribution in [0.25, 0.3) is 0 Å². The number of fused-ring (bicyclic) bond motifs is 2. The highest BCUT2D eigenvalue weighted by Crippen LogP contribution is 2.36. The molecular formula is C23H21N3O2. The largest absolute Gasteiger partial charge is 0.497 e. The summed E-state index contributed by atoms with van der Waals surface area (Å²) in [7, 11) is 1.66. The molecule has 0 radical (unpaired) electrons. The van der Waals surface area contributed by atoms with Crippen LogP contribution < -0.4 is 9.64 Å². The number of rotatable bonds is 3. The van der Waals surface area contributed by atoms with Gasteiger partial charge in [0.25, 0.3) is 0 Å². The second kappa shape index (κ2) is 6.75. The summed E-state index contributed by atoms with van der Waals surface area (Å²) in [6, 6.07) is 16.3. The molecule has 0 fully saturated rings. The minimum Gasteiger partial charge on any atom is -0.497 e. The number of ether oxygens (including phenoxy) is 1. The van der Waals surface area contributed by atoms with Crippen molar-refractivity contribution in [1.29, 1.82) is 0 Å². The molecule has 2 heterocycles. The van der Waals surface area contributed by atoms with Crippen LogP contribution in [-0.2, 0) is 12.8 Å². The zero-order valence-corrected chi connectivity index (χ0v) is 15.8. The molecule has 0 unspecified atom stereocenters. The summed E-state index contributed by atoms with van der Waals surface area (Å²) >= 11 is 0. The minimum absolute atomic E-state index is 0.121. The Morgan fingerprint density at radius 2 is 1.89 bits per heavy atom. The second-order valence-electron chi connectivity index (χ2n) is 7.36. The van der Waals surface area contributed by atoms with Crippen LogP contribution >= 0.6 is 0 Å². The molecule has 28 heavy (non-hydrogen) atoms. The van der Waals surface area contributed by atoms with Crippen LogP contribution in [0, 0.1) is 0 Å². The first-order valence-electron chi connectivity index (χ1n) is 9.61. The van der Waals surface area contributed by atoms with E-state index in [2.05, 4.69) is 28.1 Å². The van der Waals surface area contributed by atoms with Crippen molar-refractivity contribution in [3.05, 3.63) is 77.1 Å². The Balaban J connectivity index is 1.47. The molecule has 0 saturated heterocycles. The van der Waals surface area contributed by atoms with Crippen molar-refractivity contribution in [1.82, 2.24) is 9.97 Å². The van der Waals surface area contributed by atoms with E-state index in [4.69, 9.17) is 9.72 Å². The number of hydrogen-bond donors (Lipinski definition) is 0. The molecule has 1 aliphatic heterocycles.